The number of aliphatic hydroxyl groups is 1. The number of rotatable bonds is 5. The molecule has 4 atom stereocenters. The van der Waals surface area contributed by atoms with Gasteiger partial charge in [0.2, 0.25) is 0 Å². The molecule has 2 bridgehead atoms. The first-order valence-electron chi connectivity index (χ1n) is 13.6. The normalized spacial score (nSPS) is 30.8. The van der Waals surface area contributed by atoms with Gasteiger partial charge in [-0.3, -0.25) is 9.69 Å². The molecule has 1 spiro atoms. The number of carbonyl (C=O) groups is 3. The summed E-state index contributed by atoms with van der Waals surface area (Å²) in [4.78, 5) is 35.4. The highest BCUT2D eigenvalue weighted by Gasteiger charge is 2.74. The number of Topliss-reactive ketones (excluding diaryl/α,β-unsaturated/α-hetero) is 1. The molecule has 0 unspecified atom stereocenters. The third-order valence-corrected chi connectivity index (χ3v) is 9.04. The number of hydrogen-bond donors (Lipinski definition) is 4. The highest BCUT2D eigenvalue weighted by atomic mass is 16.5. The van der Waals surface area contributed by atoms with Gasteiger partial charge in [-0.15, -0.1) is 0 Å². The van der Waals surface area contributed by atoms with E-state index >= 15 is 0 Å². The van der Waals surface area contributed by atoms with Crippen LogP contribution in [0.25, 0.3) is 6.08 Å². The van der Waals surface area contributed by atoms with Gasteiger partial charge in [0.05, 0.1) is 11.0 Å². The second-order valence-corrected chi connectivity index (χ2v) is 11.4. The number of aliphatic carboxylic acids is 2. The molecule has 9 heteroatoms. The highest BCUT2D eigenvalue weighted by molar-refractivity contribution is 6.06. The van der Waals surface area contributed by atoms with Gasteiger partial charge in [-0.2, -0.15) is 0 Å². The number of carboxylic acid groups (broad SMARTS) is 2. The second kappa shape index (κ2) is 9.60. The first-order valence-corrected chi connectivity index (χ1v) is 13.6. The van der Waals surface area contributed by atoms with Crippen LogP contribution in [-0.4, -0.2) is 73.9 Å². The van der Waals surface area contributed by atoms with E-state index in [0.29, 0.717) is 36.3 Å². The van der Waals surface area contributed by atoms with Crippen LogP contribution in [-0.2, 0) is 26.2 Å². The lowest BCUT2D eigenvalue weighted by Crippen LogP contribution is -2.77. The fourth-order valence-electron chi connectivity index (χ4n) is 7.20. The molecule has 2 aliphatic heterocycles. The molecular weight excluding hydrogens is 514 g/mol. The molecule has 0 aromatic heterocycles. The van der Waals surface area contributed by atoms with Gasteiger partial charge in [0, 0.05) is 42.3 Å². The number of phenolic OH excluding ortho intramolecular Hbond substituents is 1. The van der Waals surface area contributed by atoms with Crippen LogP contribution < -0.4 is 4.74 Å². The minimum absolute atomic E-state index is 0.0572. The van der Waals surface area contributed by atoms with Crippen molar-refractivity contribution in [2.45, 2.75) is 55.3 Å². The van der Waals surface area contributed by atoms with Gasteiger partial charge in [0.15, 0.2) is 23.4 Å². The Balaban J connectivity index is 0.000000319. The molecule has 208 valence electrons. The SMILES string of the molecule is O=C(O)/C=C/C(=O)O.O=C1/C(=C/c2ccccc2)C[C@]2(O)[C@H]3Cc4ccc(O)c5c4[C@]2(CCN3CC2CC2)[C@H]1O5. The molecule has 2 aromatic rings. The summed E-state index contributed by atoms with van der Waals surface area (Å²) in [5, 5.41) is 38.8. The second-order valence-electron chi connectivity index (χ2n) is 11.4. The molecule has 0 radical (unpaired) electrons. The van der Waals surface area contributed by atoms with Crippen molar-refractivity contribution >= 4 is 23.8 Å². The molecule has 5 aliphatic rings. The van der Waals surface area contributed by atoms with Crippen molar-refractivity contribution in [3.05, 3.63) is 76.9 Å². The zero-order valence-electron chi connectivity index (χ0n) is 21.8. The van der Waals surface area contributed by atoms with Gasteiger partial charge in [-0.05, 0) is 61.4 Å². The third-order valence-electron chi connectivity index (χ3n) is 9.04. The molecule has 2 aromatic carbocycles. The minimum atomic E-state index is -1.26. The topological polar surface area (TPSA) is 145 Å². The molecule has 2 heterocycles. The van der Waals surface area contributed by atoms with E-state index < -0.39 is 29.1 Å². The van der Waals surface area contributed by atoms with Crippen molar-refractivity contribution in [2.75, 3.05) is 13.1 Å². The smallest absolute Gasteiger partial charge is 0.328 e. The fraction of sp³-hybridized carbons (Fsp3) is 0.387. The lowest BCUT2D eigenvalue weighted by Gasteiger charge is -2.62. The van der Waals surface area contributed by atoms with Gasteiger partial charge in [-0.25, -0.2) is 9.59 Å². The monoisotopic (exact) mass is 545 g/mol. The Morgan fingerprint density at radius 1 is 1.05 bits per heavy atom. The number of piperidine rings is 1. The summed E-state index contributed by atoms with van der Waals surface area (Å²) in [7, 11) is 0. The number of likely N-dealkylation sites (tertiary alicyclic amines) is 1. The molecule has 3 fully saturated rings. The number of aromatic hydroxyl groups is 1. The summed E-state index contributed by atoms with van der Waals surface area (Å²) in [5.41, 5.74) is 1.67. The predicted octanol–water partition coefficient (Wildman–Crippen LogP) is 2.93. The van der Waals surface area contributed by atoms with E-state index in [2.05, 4.69) is 4.90 Å². The van der Waals surface area contributed by atoms with Gasteiger partial charge in [0.25, 0.3) is 0 Å². The average Bonchev–Trinajstić information content (AvgIpc) is 3.66. The first-order chi connectivity index (χ1) is 19.1. The Morgan fingerprint density at radius 3 is 2.40 bits per heavy atom. The molecule has 2 saturated carbocycles. The van der Waals surface area contributed by atoms with E-state index in [0.717, 1.165) is 42.1 Å². The van der Waals surface area contributed by atoms with Crippen LogP contribution in [0, 0.1) is 5.92 Å². The molecule has 4 N–H and O–H groups in total. The Labute approximate surface area is 231 Å². The number of phenols is 1. The quantitative estimate of drug-likeness (QED) is 0.417. The summed E-state index contributed by atoms with van der Waals surface area (Å²) in [6, 6.07) is 13.4. The Bertz CT molecular complexity index is 1430. The van der Waals surface area contributed by atoms with E-state index in [1.165, 1.54) is 12.8 Å². The maximum absolute atomic E-state index is 13.8. The summed E-state index contributed by atoms with van der Waals surface area (Å²) in [6.45, 7) is 1.86. The summed E-state index contributed by atoms with van der Waals surface area (Å²) < 4.78 is 6.26. The number of ether oxygens (including phenoxy) is 1. The third kappa shape index (κ3) is 4.12. The molecule has 1 saturated heterocycles. The number of ketones is 1. The molecule has 7 rings (SSSR count). The minimum Gasteiger partial charge on any atom is -0.504 e. The molecule has 0 amide bonds. The number of nitrogens with zero attached hydrogens (tertiary/aromatic N) is 1. The fourth-order valence-corrected chi connectivity index (χ4v) is 7.20. The maximum atomic E-state index is 13.8. The molecule has 9 nitrogen and oxygen atoms in total. The van der Waals surface area contributed by atoms with Crippen LogP contribution in [0.3, 0.4) is 0 Å². The van der Waals surface area contributed by atoms with Crippen molar-refractivity contribution in [1.82, 2.24) is 4.90 Å². The number of carbonyl (C=O) groups excluding carboxylic acids is 1. The zero-order chi connectivity index (χ0) is 28.2. The lowest BCUT2D eigenvalue weighted by atomic mass is 9.48. The van der Waals surface area contributed by atoms with E-state index in [1.807, 2.05) is 42.5 Å². The summed E-state index contributed by atoms with van der Waals surface area (Å²) >= 11 is 0. The van der Waals surface area contributed by atoms with Crippen molar-refractivity contribution in [3.63, 3.8) is 0 Å². The van der Waals surface area contributed by atoms with Gasteiger partial charge in [0.1, 0.15) is 0 Å². The number of benzene rings is 2. The van der Waals surface area contributed by atoms with Crippen molar-refractivity contribution in [3.8, 4) is 11.5 Å². The van der Waals surface area contributed by atoms with Crippen molar-refractivity contribution in [1.29, 1.82) is 0 Å². The molecule has 40 heavy (non-hydrogen) atoms. The highest BCUT2D eigenvalue weighted by Crippen LogP contribution is 2.65. The number of carboxylic acids is 2. The van der Waals surface area contributed by atoms with Crippen LogP contribution in [0.5, 0.6) is 11.5 Å². The van der Waals surface area contributed by atoms with E-state index in [4.69, 9.17) is 14.9 Å². The zero-order valence-corrected chi connectivity index (χ0v) is 21.8. The lowest BCUT2D eigenvalue weighted by molar-refractivity contribution is -0.179. The van der Waals surface area contributed by atoms with E-state index in [1.54, 1.807) is 6.07 Å². The van der Waals surface area contributed by atoms with E-state index in [9.17, 15) is 24.6 Å². The largest absolute Gasteiger partial charge is 0.504 e. The standard InChI is InChI=1S/C27H27NO4.C4H4O4/c29-20-9-8-18-13-21-27(31)14-19(12-16-4-2-1-3-5-16)23(30)25-26(27,22(18)24(20)32-25)10-11-28(21)15-17-6-7-17;5-3(6)1-2-4(7)8/h1-5,8-9,12,17,21,25,29,31H,6-7,10-11,13-15H2;1-2H,(H,5,6)(H,7,8)/b19-12+;2-1+/t21-,25+,26-,27+;/m1./s1. The van der Waals surface area contributed by atoms with Gasteiger partial charge in [-0.1, -0.05) is 36.4 Å². The Hall–Kier alpha value is -3.95. The van der Waals surface area contributed by atoms with Crippen LogP contribution in [0.15, 0.2) is 60.2 Å². The van der Waals surface area contributed by atoms with Crippen LogP contribution in [0.1, 0.15) is 42.4 Å². The van der Waals surface area contributed by atoms with Crippen molar-refractivity contribution < 1.29 is 39.5 Å². The van der Waals surface area contributed by atoms with Crippen LogP contribution in [0.4, 0.5) is 0 Å². The summed E-state index contributed by atoms with van der Waals surface area (Å²) in [6.07, 6.45) is 6.49. The average molecular weight is 546 g/mol. The van der Waals surface area contributed by atoms with Gasteiger partial charge < -0.3 is 25.2 Å². The molecular formula is C31H31NO8. The molecule has 3 aliphatic carbocycles. The Kier molecular flexibility index (Phi) is 6.31. The van der Waals surface area contributed by atoms with Gasteiger partial charge >= 0.3 is 11.9 Å². The predicted molar refractivity (Wildman–Crippen MR) is 144 cm³/mol. The Morgan fingerprint density at radius 2 is 1.75 bits per heavy atom. The number of hydrogen-bond acceptors (Lipinski definition) is 7. The first kappa shape index (κ1) is 26.3. The van der Waals surface area contributed by atoms with Crippen molar-refractivity contribution in [2.24, 2.45) is 5.92 Å². The van der Waals surface area contributed by atoms with Crippen LogP contribution >= 0.6 is 0 Å². The van der Waals surface area contributed by atoms with Crippen LogP contribution in [0.2, 0.25) is 0 Å². The maximum Gasteiger partial charge on any atom is 0.328 e. The summed E-state index contributed by atoms with van der Waals surface area (Å²) in [5.74, 6) is -1.37. The van der Waals surface area contributed by atoms with E-state index in [-0.39, 0.29) is 17.6 Å².